The van der Waals surface area contributed by atoms with Crippen molar-refractivity contribution >= 4 is 39.1 Å². The summed E-state index contributed by atoms with van der Waals surface area (Å²) >= 11 is 6.06. The number of nitrogens with zero attached hydrogens (tertiary/aromatic N) is 2. The molecular formula is C31H38ClN3O5S. The van der Waals surface area contributed by atoms with Gasteiger partial charge in [0.1, 0.15) is 18.3 Å². The molecule has 3 aromatic rings. The third-order valence-electron chi connectivity index (χ3n) is 6.76. The van der Waals surface area contributed by atoms with Crippen LogP contribution in [0.3, 0.4) is 0 Å². The van der Waals surface area contributed by atoms with Crippen molar-refractivity contribution in [3.8, 4) is 5.75 Å². The van der Waals surface area contributed by atoms with Gasteiger partial charge >= 0.3 is 0 Å². The van der Waals surface area contributed by atoms with Gasteiger partial charge in [0, 0.05) is 17.6 Å². The number of carbonyl (C=O) groups is 2. The van der Waals surface area contributed by atoms with Crippen LogP contribution >= 0.6 is 11.6 Å². The first-order chi connectivity index (χ1) is 19.5. The molecule has 0 saturated heterocycles. The van der Waals surface area contributed by atoms with Crippen molar-refractivity contribution in [3.63, 3.8) is 0 Å². The summed E-state index contributed by atoms with van der Waals surface area (Å²) < 4.78 is 34.9. The molecule has 41 heavy (non-hydrogen) atoms. The fraction of sp³-hybridized carbons (Fsp3) is 0.355. The molecule has 0 radical (unpaired) electrons. The smallest absolute Gasteiger partial charge is 0.264 e. The summed E-state index contributed by atoms with van der Waals surface area (Å²) in [5, 5.41) is 3.46. The number of halogens is 1. The Labute approximate surface area is 248 Å². The van der Waals surface area contributed by atoms with E-state index in [0.29, 0.717) is 17.4 Å². The molecule has 2 amide bonds. The highest BCUT2D eigenvalue weighted by Crippen LogP contribution is 2.33. The van der Waals surface area contributed by atoms with Gasteiger partial charge in [-0.05, 0) is 76.1 Å². The van der Waals surface area contributed by atoms with Gasteiger partial charge in [0.25, 0.3) is 10.0 Å². The Morgan fingerprint density at radius 2 is 1.59 bits per heavy atom. The minimum absolute atomic E-state index is 0.0361. The van der Waals surface area contributed by atoms with E-state index in [1.807, 2.05) is 20.8 Å². The van der Waals surface area contributed by atoms with Crippen LogP contribution in [0.4, 0.5) is 5.69 Å². The standard InChI is InChI=1S/C31H38ClN3O5S/c1-6-23(4)33-31(37)24(5)34(20-25-14-16-26(32)17-15-25)30(36)21-35(28-10-8-9-11-29(28)40-7-2)41(38,39)27-18-12-22(3)13-19-27/h8-19,23-24H,6-7,20-21H2,1-5H3,(H,33,37)/t23-,24+/m0/s1. The second-order valence-electron chi connectivity index (χ2n) is 9.87. The molecule has 0 fully saturated rings. The van der Waals surface area contributed by atoms with E-state index in [-0.39, 0.29) is 29.1 Å². The monoisotopic (exact) mass is 599 g/mol. The molecule has 3 aromatic carbocycles. The third kappa shape index (κ3) is 8.24. The summed E-state index contributed by atoms with van der Waals surface area (Å²) in [5.74, 6) is -0.552. The first-order valence-corrected chi connectivity index (χ1v) is 15.4. The quantitative estimate of drug-likeness (QED) is 0.277. The highest BCUT2D eigenvalue weighted by Gasteiger charge is 2.34. The maximum absolute atomic E-state index is 14.1. The number of anilines is 1. The Kier molecular flexibility index (Phi) is 11.2. The molecule has 0 unspecified atom stereocenters. The first-order valence-electron chi connectivity index (χ1n) is 13.6. The van der Waals surface area contributed by atoms with Crippen molar-refractivity contribution in [2.24, 2.45) is 0 Å². The number of hydrogen-bond donors (Lipinski definition) is 1. The number of nitrogens with one attached hydrogen (secondary N) is 1. The lowest BCUT2D eigenvalue weighted by Gasteiger charge is -2.33. The van der Waals surface area contributed by atoms with Gasteiger partial charge in [-0.3, -0.25) is 13.9 Å². The van der Waals surface area contributed by atoms with Crippen molar-refractivity contribution in [2.45, 2.75) is 64.6 Å². The Bertz CT molecular complexity index is 1430. The number of sulfonamides is 1. The third-order valence-corrected chi connectivity index (χ3v) is 8.78. The largest absolute Gasteiger partial charge is 0.492 e. The average molecular weight is 600 g/mol. The average Bonchev–Trinajstić information content (AvgIpc) is 2.95. The van der Waals surface area contributed by atoms with Gasteiger partial charge in [-0.15, -0.1) is 0 Å². The Hall–Kier alpha value is -3.56. The molecule has 8 nitrogen and oxygen atoms in total. The second-order valence-corrected chi connectivity index (χ2v) is 12.2. The van der Waals surface area contributed by atoms with Gasteiger partial charge in [-0.25, -0.2) is 8.42 Å². The van der Waals surface area contributed by atoms with Crippen LogP contribution in [0.1, 0.15) is 45.2 Å². The number of amides is 2. The van der Waals surface area contributed by atoms with Crippen LogP contribution in [-0.4, -0.2) is 50.4 Å². The SMILES string of the molecule is CCOc1ccccc1N(CC(=O)N(Cc1ccc(Cl)cc1)[C@H](C)C(=O)N[C@@H](C)CC)S(=O)(=O)c1ccc(C)cc1. The zero-order valence-electron chi connectivity index (χ0n) is 24.1. The van der Waals surface area contributed by atoms with Crippen molar-refractivity contribution in [1.82, 2.24) is 10.2 Å². The van der Waals surface area contributed by atoms with Crippen LogP contribution in [0, 0.1) is 6.92 Å². The van der Waals surface area contributed by atoms with Crippen LogP contribution < -0.4 is 14.4 Å². The van der Waals surface area contributed by atoms with Gasteiger partial charge < -0.3 is 15.0 Å². The van der Waals surface area contributed by atoms with Crippen molar-refractivity contribution in [1.29, 1.82) is 0 Å². The van der Waals surface area contributed by atoms with Gasteiger partial charge in [0.2, 0.25) is 11.8 Å². The second kappa shape index (κ2) is 14.4. The highest BCUT2D eigenvalue weighted by molar-refractivity contribution is 7.92. The fourth-order valence-corrected chi connectivity index (χ4v) is 5.68. The minimum atomic E-state index is -4.20. The molecule has 1 N–H and O–H groups in total. The molecule has 2 atom stereocenters. The number of benzene rings is 3. The zero-order valence-corrected chi connectivity index (χ0v) is 25.7. The van der Waals surface area contributed by atoms with Crippen LogP contribution in [0.2, 0.25) is 5.02 Å². The summed E-state index contributed by atoms with van der Waals surface area (Å²) in [6, 6.07) is 19.1. The van der Waals surface area contributed by atoms with Crippen LogP contribution in [0.15, 0.2) is 77.7 Å². The van der Waals surface area contributed by atoms with Gasteiger partial charge in [-0.2, -0.15) is 0 Å². The minimum Gasteiger partial charge on any atom is -0.492 e. The molecule has 0 aliphatic carbocycles. The normalized spacial score (nSPS) is 12.7. The van der Waals surface area contributed by atoms with E-state index < -0.39 is 28.5 Å². The lowest BCUT2D eigenvalue weighted by Crippen LogP contribution is -2.52. The number of hydrogen-bond acceptors (Lipinski definition) is 5. The van der Waals surface area contributed by atoms with Gasteiger partial charge in [0.05, 0.1) is 17.2 Å². The summed E-state index contributed by atoms with van der Waals surface area (Å²) in [4.78, 5) is 28.7. The van der Waals surface area contributed by atoms with E-state index in [4.69, 9.17) is 16.3 Å². The molecule has 0 aliphatic heterocycles. The number of ether oxygens (including phenoxy) is 1. The van der Waals surface area contributed by atoms with Crippen molar-refractivity contribution in [3.05, 3.63) is 88.9 Å². The van der Waals surface area contributed by atoms with Crippen molar-refractivity contribution < 1.29 is 22.7 Å². The van der Waals surface area contributed by atoms with Gasteiger partial charge in [0.15, 0.2) is 0 Å². The van der Waals surface area contributed by atoms with Crippen LogP contribution in [-0.2, 0) is 26.2 Å². The number of aryl methyl sites for hydroxylation is 1. The lowest BCUT2D eigenvalue weighted by molar-refractivity contribution is -0.139. The molecule has 10 heteroatoms. The fourth-order valence-electron chi connectivity index (χ4n) is 4.13. The Morgan fingerprint density at radius 3 is 2.20 bits per heavy atom. The van der Waals surface area contributed by atoms with E-state index in [1.54, 1.807) is 74.5 Å². The predicted molar refractivity (Wildman–Crippen MR) is 163 cm³/mol. The molecule has 220 valence electrons. The molecule has 3 rings (SSSR count). The molecule has 0 aliphatic rings. The van der Waals surface area contributed by atoms with Gasteiger partial charge in [-0.1, -0.05) is 60.5 Å². The summed E-state index contributed by atoms with van der Waals surface area (Å²) in [5.41, 5.74) is 1.87. The van der Waals surface area contributed by atoms with E-state index in [2.05, 4.69) is 5.32 Å². The molecule has 0 saturated carbocycles. The van der Waals surface area contributed by atoms with E-state index >= 15 is 0 Å². The summed E-state index contributed by atoms with van der Waals surface area (Å²) in [7, 11) is -4.20. The summed E-state index contributed by atoms with van der Waals surface area (Å²) in [6.45, 7) is 8.98. The molecule has 0 aromatic heterocycles. The highest BCUT2D eigenvalue weighted by atomic mass is 35.5. The Morgan fingerprint density at radius 1 is 0.951 bits per heavy atom. The predicted octanol–water partition coefficient (Wildman–Crippen LogP) is 5.57. The van der Waals surface area contributed by atoms with E-state index in [0.717, 1.165) is 21.9 Å². The number of carbonyl (C=O) groups excluding carboxylic acids is 2. The van der Waals surface area contributed by atoms with E-state index in [1.165, 1.54) is 17.0 Å². The maximum Gasteiger partial charge on any atom is 0.264 e. The molecule has 0 spiro atoms. The first kappa shape index (κ1) is 32.0. The zero-order chi connectivity index (χ0) is 30.2. The number of rotatable bonds is 13. The molecule has 0 heterocycles. The molecule has 0 bridgehead atoms. The van der Waals surface area contributed by atoms with Crippen LogP contribution in [0.25, 0.3) is 0 Å². The van der Waals surface area contributed by atoms with Crippen molar-refractivity contribution in [2.75, 3.05) is 17.5 Å². The maximum atomic E-state index is 14.1. The molecular weight excluding hydrogens is 562 g/mol. The van der Waals surface area contributed by atoms with E-state index in [9.17, 15) is 18.0 Å². The lowest BCUT2D eigenvalue weighted by atomic mass is 10.1. The topological polar surface area (TPSA) is 96.0 Å². The Balaban J connectivity index is 2.07. The number of para-hydroxylation sites is 2. The van der Waals surface area contributed by atoms with Crippen LogP contribution in [0.5, 0.6) is 5.75 Å². The summed E-state index contributed by atoms with van der Waals surface area (Å²) in [6.07, 6.45) is 0.723.